The first kappa shape index (κ1) is 51.2. The van der Waals surface area contributed by atoms with Crippen molar-refractivity contribution in [3.05, 3.63) is 99.7 Å². The van der Waals surface area contributed by atoms with Gasteiger partial charge in [-0.3, -0.25) is 28.9 Å². The smallest absolute Gasteiger partial charge is 0.243 e. The van der Waals surface area contributed by atoms with Gasteiger partial charge in [-0.1, -0.05) is 75.4 Å². The van der Waals surface area contributed by atoms with E-state index in [0.29, 0.717) is 51.4 Å². The van der Waals surface area contributed by atoms with Crippen molar-refractivity contribution in [1.82, 2.24) is 20.5 Å². The number of amides is 5. The van der Waals surface area contributed by atoms with E-state index in [4.69, 9.17) is 19.9 Å². The van der Waals surface area contributed by atoms with Gasteiger partial charge in [-0.2, -0.15) is 0 Å². The molecule has 370 valence electrons. The number of aliphatic hydroxyl groups is 1. The van der Waals surface area contributed by atoms with Crippen LogP contribution in [0.25, 0.3) is 10.4 Å². The van der Waals surface area contributed by atoms with E-state index >= 15 is 0 Å². The number of aryl methyl sites for hydroxylation is 3. The number of rotatable bonds is 22. The highest BCUT2D eigenvalue weighted by atomic mass is 32.1. The van der Waals surface area contributed by atoms with Gasteiger partial charge in [-0.25, -0.2) is 4.98 Å². The van der Waals surface area contributed by atoms with Crippen LogP contribution in [-0.4, -0.2) is 101 Å². The van der Waals surface area contributed by atoms with Crippen LogP contribution in [0.3, 0.4) is 0 Å². The van der Waals surface area contributed by atoms with Gasteiger partial charge in [0, 0.05) is 57.4 Å². The standard InChI is InChI=1S/C53H68N6O9S/c1-33-50(69-32-56-33)39-18-19-40(29-55-51(64)43-27-41(60)30-58(43)48(63)28-53(3,4)5)45(26-39)67-24-23-66-22-8-9-35-14-16-36(17-15-35)31-68-34(2)42(20-21-46(54)61)57-52(65)44-25-38-12-6-10-37-11-7-13-47(62)59(44)49(37)38/h6,10,12,14-19,26,32,34,41-44,60H,7-9,11,13,20-25,27-31H2,1-5H3,(H2,54,61)(H,55,64)(H,57,65)/t34-,41-,42+,43+,44+/m1/s1. The molecule has 15 nitrogen and oxygen atoms in total. The quantitative estimate of drug-likeness (QED) is 0.0666. The highest BCUT2D eigenvalue weighted by Crippen LogP contribution is 2.39. The fourth-order valence-corrected chi connectivity index (χ4v) is 10.2. The molecular formula is C53H68N6O9S. The SMILES string of the molecule is Cc1ncsc1-c1ccc(CNC(=O)[C@@H]2C[C@@H](O)CN2C(=O)CC(C)(C)C)c(OCCOCCCc2ccc(CO[C@H](C)[C@H](CCC(N)=O)NC(=O)[C@@H]3Cc4cccc5c4N3C(=O)CCC5)cc2)c1. The summed E-state index contributed by atoms with van der Waals surface area (Å²) in [7, 11) is 0. The van der Waals surface area contributed by atoms with Gasteiger partial charge in [-0.05, 0) is 85.3 Å². The molecule has 0 radical (unpaired) electrons. The maximum atomic E-state index is 13.8. The second-order valence-corrected chi connectivity index (χ2v) is 20.6. The maximum absolute atomic E-state index is 13.8. The fraction of sp³-hybridized carbons (Fsp3) is 0.509. The van der Waals surface area contributed by atoms with Crippen LogP contribution in [0.2, 0.25) is 0 Å². The summed E-state index contributed by atoms with van der Waals surface area (Å²) in [6, 6.07) is 18.2. The number of benzene rings is 3. The third-order valence-corrected chi connectivity index (χ3v) is 14.0. The Bertz CT molecular complexity index is 2450. The lowest BCUT2D eigenvalue weighted by Gasteiger charge is -2.29. The van der Waals surface area contributed by atoms with Crippen molar-refractivity contribution in [2.45, 2.75) is 142 Å². The summed E-state index contributed by atoms with van der Waals surface area (Å²) in [6.07, 6.45) is 3.67. The average Bonchev–Trinajstić information content (AvgIpc) is 4.02. The van der Waals surface area contributed by atoms with Crippen LogP contribution in [0.1, 0.15) is 106 Å². The number of carbonyl (C=O) groups excluding carboxylic acids is 5. The summed E-state index contributed by atoms with van der Waals surface area (Å²) in [5.74, 6) is -0.607. The first-order valence-electron chi connectivity index (χ1n) is 24.2. The first-order chi connectivity index (χ1) is 33.0. The Morgan fingerprint density at radius 1 is 0.971 bits per heavy atom. The number of anilines is 1. The van der Waals surface area contributed by atoms with Crippen molar-refractivity contribution >= 4 is 46.6 Å². The predicted octanol–water partition coefficient (Wildman–Crippen LogP) is 6.11. The Labute approximate surface area is 409 Å². The molecule has 5 amide bonds. The van der Waals surface area contributed by atoms with E-state index in [2.05, 4.69) is 27.8 Å². The zero-order valence-electron chi connectivity index (χ0n) is 40.6. The fourth-order valence-electron chi connectivity index (χ4n) is 9.42. The molecule has 5 atom stereocenters. The maximum Gasteiger partial charge on any atom is 0.243 e. The number of likely N-dealkylation sites (tertiary alicyclic amines) is 1. The van der Waals surface area contributed by atoms with Crippen molar-refractivity contribution in [2.24, 2.45) is 11.1 Å². The molecule has 0 bridgehead atoms. The number of para-hydroxylation sites is 1. The Morgan fingerprint density at radius 3 is 2.48 bits per heavy atom. The number of β-amino-alcohol motifs (C(OH)–C–C–N with tert-alkyl or cyclic N) is 1. The molecule has 1 saturated heterocycles. The molecule has 69 heavy (non-hydrogen) atoms. The molecule has 0 saturated carbocycles. The number of nitrogens with two attached hydrogens (primary N) is 1. The number of nitrogens with one attached hydrogen (secondary N) is 2. The molecule has 7 rings (SSSR count). The van der Waals surface area contributed by atoms with Crippen LogP contribution in [0, 0.1) is 12.3 Å². The van der Waals surface area contributed by atoms with Crippen LogP contribution < -0.4 is 26.0 Å². The molecule has 1 fully saturated rings. The number of primary amides is 1. The molecule has 3 aliphatic heterocycles. The number of hydrogen-bond acceptors (Lipinski definition) is 11. The summed E-state index contributed by atoms with van der Waals surface area (Å²) >= 11 is 1.55. The number of carbonyl (C=O) groups is 5. The Kier molecular flexibility index (Phi) is 17.3. The molecule has 0 unspecified atom stereocenters. The highest BCUT2D eigenvalue weighted by molar-refractivity contribution is 7.13. The number of hydrogen-bond donors (Lipinski definition) is 4. The lowest BCUT2D eigenvalue weighted by atomic mass is 9.91. The molecule has 3 aromatic carbocycles. The van der Waals surface area contributed by atoms with Crippen molar-refractivity contribution in [1.29, 1.82) is 0 Å². The third-order valence-electron chi connectivity index (χ3n) is 13.1. The van der Waals surface area contributed by atoms with Gasteiger partial charge in [0.1, 0.15) is 24.4 Å². The Balaban J connectivity index is 0.858. The molecule has 0 aliphatic carbocycles. The summed E-state index contributed by atoms with van der Waals surface area (Å²) < 4.78 is 18.5. The van der Waals surface area contributed by atoms with E-state index in [9.17, 15) is 29.1 Å². The molecule has 1 aromatic heterocycles. The van der Waals surface area contributed by atoms with Gasteiger partial charge in [0.2, 0.25) is 29.5 Å². The summed E-state index contributed by atoms with van der Waals surface area (Å²) in [4.78, 5) is 74.0. The third kappa shape index (κ3) is 13.6. The predicted molar refractivity (Wildman–Crippen MR) is 264 cm³/mol. The van der Waals surface area contributed by atoms with Crippen LogP contribution >= 0.6 is 11.3 Å². The number of thiazole rings is 1. The zero-order valence-corrected chi connectivity index (χ0v) is 41.4. The molecule has 3 aliphatic rings. The Morgan fingerprint density at radius 2 is 1.74 bits per heavy atom. The molecule has 4 aromatic rings. The minimum atomic E-state index is -0.751. The topological polar surface area (TPSA) is 203 Å². The normalized spacial score (nSPS) is 18.6. The number of aromatic nitrogens is 1. The van der Waals surface area contributed by atoms with Crippen molar-refractivity contribution in [3.8, 4) is 16.2 Å². The van der Waals surface area contributed by atoms with Gasteiger partial charge < -0.3 is 40.6 Å². The lowest BCUT2D eigenvalue weighted by molar-refractivity contribution is -0.140. The van der Waals surface area contributed by atoms with Crippen molar-refractivity contribution in [2.75, 3.05) is 31.3 Å². The molecule has 5 N–H and O–H groups in total. The second kappa shape index (κ2) is 23.3. The van der Waals surface area contributed by atoms with Gasteiger partial charge >= 0.3 is 0 Å². The van der Waals surface area contributed by atoms with Crippen LogP contribution in [-0.2, 0) is 65.9 Å². The summed E-state index contributed by atoms with van der Waals surface area (Å²) in [6.45, 7) is 11.6. The molecule has 16 heteroatoms. The summed E-state index contributed by atoms with van der Waals surface area (Å²) in [5, 5.41) is 16.5. The monoisotopic (exact) mass is 964 g/mol. The van der Waals surface area contributed by atoms with Crippen LogP contribution in [0.5, 0.6) is 5.75 Å². The van der Waals surface area contributed by atoms with E-state index in [-0.39, 0.29) is 61.4 Å². The minimum absolute atomic E-state index is 0.0439. The number of ether oxygens (including phenoxy) is 3. The Hall–Kier alpha value is -5.68. The van der Waals surface area contributed by atoms with Gasteiger partial charge in [0.15, 0.2) is 0 Å². The van der Waals surface area contributed by atoms with E-state index in [0.717, 1.165) is 75.3 Å². The van der Waals surface area contributed by atoms with Crippen LogP contribution in [0.15, 0.2) is 66.2 Å². The van der Waals surface area contributed by atoms with Gasteiger partial charge in [0.05, 0.1) is 53.2 Å². The summed E-state index contributed by atoms with van der Waals surface area (Å²) in [5.41, 5.74) is 14.8. The lowest BCUT2D eigenvalue weighted by Crippen LogP contribution is -2.53. The van der Waals surface area contributed by atoms with Crippen LogP contribution in [0.4, 0.5) is 5.69 Å². The van der Waals surface area contributed by atoms with Gasteiger partial charge in [0.25, 0.3) is 0 Å². The second-order valence-electron chi connectivity index (χ2n) is 19.8. The number of nitrogens with zero attached hydrogens (tertiary/aromatic N) is 3. The van der Waals surface area contributed by atoms with E-state index in [1.807, 2.05) is 88.7 Å². The van der Waals surface area contributed by atoms with E-state index in [1.165, 1.54) is 4.90 Å². The van der Waals surface area contributed by atoms with E-state index in [1.54, 1.807) is 16.2 Å². The average molecular weight is 965 g/mol. The molecule has 0 spiro atoms. The first-order valence-corrected chi connectivity index (χ1v) is 25.1. The van der Waals surface area contributed by atoms with Crippen molar-refractivity contribution < 1.29 is 43.3 Å². The molecular weight excluding hydrogens is 897 g/mol. The highest BCUT2D eigenvalue weighted by Gasteiger charge is 2.42. The van der Waals surface area contributed by atoms with Gasteiger partial charge in [-0.15, -0.1) is 11.3 Å². The van der Waals surface area contributed by atoms with E-state index < -0.39 is 36.2 Å². The molecule has 4 heterocycles. The van der Waals surface area contributed by atoms with Crippen molar-refractivity contribution in [3.63, 3.8) is 0 Å². The largest absolute Gasteiger partial charge is 0.491 e. The number of aliphatic hydroxyl groups excluding tert-OH is 1. The zero-order chi connectivity index (χ0) is 49.2. The minimum Gasteiger partial charge on any atom is -0.491 e.